The van der Waals surface area contributed by atoms with Gasteiger partial charge in [-0.15, -0.1) is 0 Å². The molecule has 7 heteroatoms. The minimum atomic E-state index is -0.191. The molecular weight excluding hydrogens is 375 g/mol. The molecule has 0 spiro atoms. The fourth-order valence-corrected chi connectivity index (χ4v) is 3.76. The summed E-state index contributed by atoms with van der Waals surface area (Å²) in [5.74, 6) is 1.16. The minimum absolute atomic E-state index is 0.0957. The Hall–Kier alpha value is -1.69. The SMILES string of the molecule is O=C(COc1ccc(Cl)cc1Cl)NC[C@@H](c1ccco1)[NH+]1CCCCC1. The molecule has 1 amide bonds. The number of rotatable bonds is 7. The van der Waals surface area contributed by atoms with Gasteiger partial charge in [-0.3, -0.25) is 4.79 Å². The van der Waals surface area contributed by atoms with E-state index in [0.29, 0.717) is 22.3 Å². The van der Waals surface area contributed by atoms with E-state index in [1.165, 1.54) is 24.2 Å². The molecule has 1 atom stereocenters. The van der Waals surface area contributed by atoms with Gasteiger partial charge in [-0.25, -0.2) is 0 Å². The first kappa shape index (κ1) is 19.1. The first-order valence-corrected chi connectivity index (χ1v) is 9.61. The smallest absolute Gasteiger partial charge is 0.258 e. The van der Waals surface area contributed by atoms with E-state index < -0.39 is 0 Å². The second kappa shape index (κ2) is 9.31. The molecule has 0 aliphatic carbocycles. The van der Waals surface area contributed by atoms with Gasteiger partial charge in [-0.2, -0.15) is 0 Å². The molecule has 2 N–H and O–H groups in total. The van der Waals surface area contributed by atoms with Crippen LogP contribution in [0, 0.1) is 0 Å². The normalized spacial score (nSPS) is 16.2. The van der Waals surface area contributed by atoms with E-state index >= 15 is 0 Å². The van der Waals surface area contributed by atoms with Crippen LogP contribution in [0.4, 0.5) is 0 Å². The number of ether oxygens (including phenoxy) is 1. The lowest BCUT2D eigenvalue weighted by molar-refractivity contribution is -0.936. The number of quaternary nitrogens is 1. The number of piperidine rings is 1. The van der Waals surface area contributed by atoms with Gasteiger partial charge in [0, 0.05) is 5.02 Å². The summed E-state index contributed by atoms with van der Waals surface area (Å²) in [6.07, 6.45) is 5.37. The Morgan fingerprint density at radius 3 is 2.73 bits per heavy atom. The molecule has 0 radical (unpaired) electrons. The summed E-state index contributed by atoms with van der Waals surface area (Å²) in [4.78, 5) is 13.7. The van der Waals surface area contributed by atoms with Crippen LogP contribution in [-0.4, -0.2) is 32.1 Å². The molecule has 1 saturated heterocycles. The monoisotopic (exact) mass is 397 g/mol. The Morgan fingerprint density at radius 2 is 2.04 bits per heavy atom. The number of hydrogen-bond donors (Lipinski definition) is 2. The van der Waals surface area contributed by atoms with Crippen LogP contribution in [0.3, 0.4) is 0 Å². The fourth-order valence-electron chi connectivity index (χ4n) is 3.29. The maximum Gasteiger partial charge on any atom is 0.258 e. The molecule has 1 aliphatic rings. The van der Waals surface area contributed by atoms with E-state index in [2.05, 4.69) is 5.32 Å². The zero-order chi connectivity index (χ0) is 18.4. The second-order valence-electron chi connectivity index (χ2n) is 6.45. The lowest BCUT2D eigenvalue weighted by Crippen LogP contribution is -3.13. The molecule has 26 heavy (non-hydrogen) atoms. The van der Waals surface area contributed by atoms with E-state index in [4.69, 9.17) is 32.4 Å². The third-order valence-corrected chi connectivity index (χ3v) is 5.16. The Morgan fingerprint density at radius 1 is 1.23 bits per heavy atom. The highest BCUT2D eigenvalue weighted by Gasteiger charge is 2.28. The maximum atomic E-state index is 12.2. The van der Waals surface area contributed by atoms with Crippen molar-refractivity contribution in [3.63, 3.8) is 0 Å². The van der Waals surface area contributed by atoms with Crippen molar-refractivity contribution in [2.45, 2.75) is 25.3 Å². The summed E-state index contributed by atoms with van der Waals surface area (Å²) >= 11 is 11.9. The number of halogens is 2. The number of furan rings is 1. The average molecular weight is 398 g/mol. The number of carbonyl (C=O) groups excluding carboxylic acids is 1. The number of likely N-dealkylation sites (tertiary alicyclic amines) is 1. The van der Waals surface area contributed by atoms with Gasteiger partial charge in [0.2, 0.25) is 0 Å². The minimum Gasteiger partial charge on any atom is -0.482 e. The van der Waals surface area contributed by atoms with Gasteiger partial charge in [0.25, 0.3) is 5.91 Å². The van der Waals surface area contributed by atoms with Crippen molar-refractivity contribution in [1.82, 2.24) is 5.32 Å². The van der Waals surface area contributed by atoms with Crippen LogP contribution < -0.4 is 15.0 Å². The van der Waals surface area contributed by atoms with Crippen molar-refractivity contribution < 1.29 is 18.8 Å². The molecule has 0 unspecified atom stereocenters. The van der Waals surface area contributed by atoms with Gasteiger partial charge in [0.1, 0.15) is 5.75 Å². The molecular formula is C19H23Cl2N2O3+. The van der Waals surface area contributed by atoms with Gasteiger partial charge in [0.05, 0.1) is 30.9 Å². The number of hydrogen-bond acceptors (Lipinski definition) is 3. The standard InChI is InChI=1S/C19H22Cl2N2O3/c20-14-6-7-17(15(21)11-14)26-13-19(24)22-12-16(18-5-4-10-25-18)23-8-2-1-3-9-23/h4-7,10-11,16H,1-3,8-9,12-13H2,(H,22,24)/p+1/t16-/m0/s1. The maximum absolute atomic E-state index is 12.2. The largest absolute Gasteiger partial charge is 0.482 e. The highest BCUT2D eigenvalue weighted by Crippen LogP contribution is 2.27. The predicted octanol–water partition coefficient (Wildman–Crippen LogP) is 2.89. The van der Waals surface area contributed by atoms with Crippen LogP contribution in [0.25, 0.3) is 0 Å². The van der Waals surface area contributed by atoms with Gasteiger partial charge in [-0.1, -0.05) is 23.2 Å². The van der Waals surface area contributed by atoms with Gasteiger partial charge < -0.3 is 19.4 Å². The summed E-state index contributed by atoms with van der Waals surface area (Å²) in [5.41, 5.74) is 0. The van der Waals surface area contributed by atoms with Crippen molar-refractivity contribution >= 4 is 29.1 Å². The first-order chi connectivity index (χ1) is 12.6. The molecule has 5 nitrogen and oxygen atoms in total. The van der Waals surface area contributed by atoms with Crippen molar-refractivity contribution in [2.75, 3.05) is 26.2 Å². The van der Waals surface area contributed by atoms with Crippen LogP contribution in [0.15, 0.2) is 41.0 Å². The lowest BCUT2D eigenvalue weighted by Gasteiger charge is -2.30. The summed E-state index contributed by atoms with van der Waals surface area (Å²) in [6, 6.07) is 8.90. The number of nitrogens with one attached hydrogen (secondary N) is 2. The Labute approximate surface area is 163 Å². The zero-order valence-corrected chi connectivity index (χ0v) is 16.0. The molecule has 2 heterocycles. The van der Waals surface area contributed by atoms with Crippen molar-refractivity contribution in [2.24, 2.45) is 0 Å². The van der Waals surface area contributed by atoms with Crippen molar-refractivity contribution in [1.29, 1.82) is 0 Å². The van der Waals surface area contributed by atoms with Crippen LogP contribution in [0.2, 0.25) is 10.0 Å². The second-order valence-corrected chi connectivity index (χ2v) is 7.30. The molecule has 1 aromatic carbocycles. The van der Waals surface area contributed by atoms with E-state index in [0.717, 1.165) is 18.8 Å². The average Bonchev–Trinajstić information content (AvgIpc) is 3.16. The van der Waals surface area contributed by atoms with E-state index in [1.807, 2.05) is 12.1 Å². The molecule has 0 saturated carbocycles. The van der Waals surface area contributed by atoms with Crippen LogP contribution in [-0.2, 0) is 4.79 Å². The summed E-state index contributed by atoms with van der Waals surface area (Å²) in [5, 5.41) is 3.87. The quantitative estimate of drug-likeness (QED) is 0.754. The van der Waals surface area contributed by atoms with Crippen LogP contribution >= 0.6 is 23.2 Å². The highest BCUT2D eigenvalue weighted by molar-refractivity contribution is 6.35. The molecule has 3 rings (SSSR count). The Kier molecular flexibility index (Phi) is 6.83. The summed E-state index contributed by atoms with van der Waals surface area (Å²) in [7, 11) is 0. The van der Waals surface area contributed by atoms with E-state index in [-0.39, 0.29) is 18.6 Å². The topological polar surface area (TPSA) is 55.9 Å². The summed E-state index contributed by atoms with van der Waals surface area (Å²) < 4.78 is 11.1. The number of carbonyl (C=O) groups is 1. The molecule has 0 bridgehead atoms. The Bertz CT molecular complexity index is 716. The number of amides is 1. The van der Waals surface area contributed by atoms with E-state index in [9.17, 15) is 4.79 Å². The molecule has 2 aromatic rings. The van der Waals surface area contributed by atoms with Crippen LogP contribution in [0.1, 0.15) is 31.1 Å². The van der Waals surface area contributed by atoms with E-state index in [1.54, 1.807) is 24.5 Å². The number of benzene rings is 1. The lowest BCUT2D eigenvalue weighted by atomic mass is 10.1. The van der Waals surface area contributed by atoms with Crippen molar-refractivity contribution in [3.8, 4) is 5.75 Å². The first-order valence-electron chi connectivity index (χ1n) is 8.86. The third-order valence-electron chi connectivity index (χ3n) is 4.63. The molecule has 1 aliphatic heterocycles. The zero-order valence-electron chi connectivity index (χ0n) is 14.5. The fraction of sp³-hybridized carbons (Fsp3) is 0.421. The predicted molar refractivity (Wildman–Crippen MR) is 101 cm³/mol. The highest BCUT2D eigenvalue weighted by atomic mass is 35.5. The molecule has 1 aromatic heterocycles. The molecule has 1 fully saturated rings. The van der Waals surface area contributed by atoms with Crippen LogP contribution in [0.5, 0.6) is 5.75 Å². The van der Waals surface area contributed by atoms with Crippen molar-refractivity contribution in [3.05, 3.63) is 52.4 Å². The third kappa shape index (κ3) is 5.16. The summed E-state index contributed by atoms with van der Waals surface area (Å²) in [6.45, 7) is 2.61. The Balaban J connectivity index is 1.53. The van der Waals surface area contributed by atoms with Gasteiger partial charge in [-0.05, 0) is 49.6 Å². The van der Waals surface area contributed by atoms with Gasteiger partial charge >= 0.3 is 0 Å². The van der Waals surface area contributed by atoms with Gasteiger partial charge in [0.15, 0.2) is 18.4 Å². The molecule has 140 valence electrons.